The van der Waals surface area contributed by atoms with E-state index in [4.69, 9.17) is 0 Å². The molecule has 0 aliphatic rings. The van der Waals surface area contributed by atoms with Crippen LogP contribution < -0.4 is 4.90 Å². The van der Waals surface area contributed by atoms with Crippen LogP contribution in [-0.2, 0) is 0 Å². The summed E-state index contributed by atoms with van der Waals surface area (Å²) >= 11 is 1.13. The van der Waals surface area contributed by atoms with Crippen molar-refractivity contribution in [1.29, 1.82) is 0 Å². The highest BCUT2D eigenvalue weighted by Crippen LogP contribution is 2.32. The van der Waals surface area contributed by atoms with Crippen LogP contribution in [-0.4, -0.2) is 42.0 Å². The maximum absolute atomic E-state index is 14.2. The Bertz CT molecular complexity index is 1040. The topological polar surface area (TPSA) is 36.4 Å². The summed E-state index contributed by atoms with van der Waals surface area (Å²) in [5, 5.41) is 0.375. The van der Waals surface area contributed by atoms with Crippen LogP contribution in [0.3, 0.4) is 0 Å². The Morgan fingerprint density at radius 3 is 2.37 bits per heavy atom. The third-order valence-corrected chi connectivity index (χ3v) is 6.19. The molecule has 8 heteroatoms. The molecule has 2 aromatic carbocycles. The summed E-state index contributed by atoms with van der Waals surface area (Å²) in [5.74, 6) is -1.56. The Labute approximate surface area is 185 Å². The van der Waals surface area contributed by atoms with E-state index in [-0.39, 0.29) is 23.8 Å². The largest absolute Gasteiger partial charge is 0.302 e. The van der Waals surface area contributed by atoms with Crippen molar-refractivity contribution in [2.24, 2.45) is 0 Å². The molecule has 0 saturated heterocycles. The van der Waals surface area contributed by atoms with E-state index in [1.54, 1.807) is 11.0 Å². The minimum atomic E-state index is -0.718. The highest BCUT2D eigenvalue weighted by Gasteiger charge is 2.23. The predicted octanol–water partition coefficient (Wildman–Crippen LogP) is 5.60. The minimum absolute atomic E-state index is 0. The van der Waals surface area contributed by atoms with Gasteiger partial charge in [-0.25, -0.2) is 13.8 Å². The molecule has 0 unspecified atom stereocenters. The van der Waals surface area contributed by atoms with Crippen LogP contribution in [0, 0.1) is 25.5 Å². The second kappa shape index (κ2) is 10.3. The number of benzene rings is 2. The fraction of sp³-hybridized carbons (Fsp3) is 0.364. The van der Waals surface area contributed by atoms with Crippen LogP contribution in [0.15, 0.2) is 30.3 Å². The first kappa shape index (κ1) is 24.2. The molecule has 0 aliphatic carbocycles. The maximum atomic E-state index is 14.2. The van der Waals surface area contributed by atoms with Crippen molar-refractivity contribution < 1.29 is 13.6 Å². The first-order valence-corrected chi connectivity index (χ1v) is 10.5. The van der Waals surface area contributed by atoms with Crippen LogP contribution in [0.5, 0.6) is 0 Å². The number of aryl methyl sites for hydroxylation is 2. The van der Waals surface area contributed by atoms with Crippen molar-refractivity contribution in [2.75, 3.05) is 31.1 Å². The van der Waals surface area contributed by atoms with E-state index < -0.39 is 11.6 Å². The van der Waals surface area contributed by atoms with Gasteiger partial charge in [0, 0.05) is 24.7 Å². The zero-order valence-electron chi connectivity index (χ0n) is 17.5. The highest BCUT2D eigenvalue weighted by molar-refractivity contribution is 7.22. The molecule has 0 N–H and O–H groups in total. The number of carbonyl (C=O) groups excluding carboxylic acids is 1. The SMILES string of the molecule is CCN(CC)CCN(C(=O)c1ccc(C)c(C)c1)c1nc2c(F)cc(F)cc2s1.Cl. The number of anilines is 1. The molecule has 162 valence electrons. The standard InChI is InChI=1S/C22H25F2N3OS.ClH/c1-5-26(6-2)9-10-27(21(28)16-8-7-14(3)15(4)11-16)22-25-20-18(24)12-17(23)13-19(20)29-22;/h7-8,11-13H,5-6,9-10H2,1-4H3;1H. The van der Waals surface area contributed by atoms with Gasteiger partial charge in [0.25, 0.3) is 5.91 Å². The predicted molar refractivity (Wildman–Crippen MR) is 122 cm³/mol. The molecule has 1 heterocycles. The van der Waals surface area contributed by atoms with Crippen LogP contribution in [0.1, 0.15) is 35.3 Å². The number of likely N-dealkylation sites (N-methyl/N-ethyl adjacent to an activating group) is 1. The van der Waals surface area contributed by atoms with Crippen LogP contribution in [0.4, 0.5) is 13.9 Å². The summed E-state index contributed by atoms with van der Waals surface area (Å²) in [5.41, 5.74) is 2.77. The molecule has 0 atom stereocenters. The summed E-state index contributed by atoms with van der Waals surface area (Å²) in [4.78, 5) is 21.4. The summed E-state index contributed by atoms with van der Waals surface area (Å²) in [6, 6.07) is 7.64. The van der Waals surface area contributed by atoms with Gasteiger partial charge >= 0.3 is 0 Å². The Hall–Kier alpha value is -2.09. The highest BCUT2D eigenvalue weighted by atomic mass is 35.5. The van der Waals surface area contributed by atoms with Gasteiger partial charge in [0.1, 0.15) is 11.3 Å². The van der Waals surface area contributed by atoms with E-state index >= 15 is 0 Å². The molecule has 0 saturated carbocycles. The minimum Gasteiger partial charge on any atom is -0.302 e. The second-order valence-electron chi connectivity index (χ2n) is 7.01. The second-order valence-corrected chi connectivity index (χ2v) is 8.02. The third-order valence-electron chi connectivity index (χ3n) is 5.17. The molecule has 3 rings (SSSR count). The van der Waals surface area contributed by atoms with Gasteiger partial charge in [-0.15, -0.1) is 12.4 Å². The number of nitrogens with zero attached hydrogens (tertiary/aromatic N) is 3. The summed E-state index contributed by atoms with van der Waals surface area (Å²) in [6.07, 6.45) is 0. The fourth-order valence-corrected chi connectivity index (χ4v) is 4.19. The molecule has 0 radical (unpaired) electrons. The molecule has 1 aromatic heterocycles. The number of hydrogen-bond donors (Lipinski definition) is 0. The maximum Gasteiger partial charge on any atom is 0.260 e. The number of carbonyl (C=O) groups is 1. The van der Waals surface area contributed by atoms with E-state index in [1.165, 1.54) is 6.07 Å². The Morgan fingerprint density at radius 1 is 1.03 bits per heavy atom. The zero-order chi connectivity index (χ0) is 21.1. The lowest BCUT2D eigenvalue weighted by Crippen LogP contribution is -2.38. The van der Waals surface area contributed by atoms with Crippen molar-refractivity contribution in [3.8, 4) is 0 Å². The number of halogens is 3. The van der Waals surface area contributed by atoms with Gasteiger partial charge in [0.15, 0.2) is 10.9 Å². The Morgan fingerprint density at radius 2 is 1.73 bits per heavy atom. The van der Waals surface area contributed by atoms with Gasteiger partial charge < -0.3 is 4.90 Å². The lowest BCUT2D eigenvalue weighted by atomic mass is 10.1. The van der Waals surface area contributed by atoms with E-state index in [0.717, 1.165) is 41.6 Å². The third kappa shape index (κ3) is 5.14. The molecular formula is C22H26ClF2N3OS. The fourth-order valence-electron chi connectivity index (χ4n) is 3.16. The first-order chi connectivity index (χ1) is 13.8. The van der Waals surface area contributed by atoms with Crippen molar-refractivity contribution in [1.82, 2.24) is 9.88 Å². The first-order valence-electron chi connectivity index (χ1n) is 9.71. The average Bonchev–Trinajstić information content (AvgIpc) is 3.11. The van der Waals surface area contributed by atoms with Crippen molar-refractivity contribution >= 4 is 45.0 Å². The lowest BCUT2D eigenvalue weighted by Gasteiger charge is -2.25. The summed E-state index contributed by atoms with van der Waals surface area (Å²) in [6.45, 7) is 10.9. The molecule has 0 aliphatic heterocycles. The van der Waals surface area contributed by atoms with Crippen molar-refractivity contribution in [3.63, 3.8) is 0 Å². The average molecular weight is 454 g/mol. The Kier molecular flexibility index (Phi) is 8.29. The van der Waals surface area contributed by atoms with Crippen LogP contribution >= 0.6 is 23.7 Å². The van der Waals surface area contributed by atoms with E-state index in [1.807, 2.05) is 26.0 Å². The normalized spacial score (nSPS) is 11.0. The summed E-state index contributed by atoms with van der Waals surface area (Å²) in [7, 11) is 0. The van der Waals surface area contributed by atoms with Crippen LogP contribution in [0.2, 0.25) is 0 Å². The van der Waals surface area contributed by atoms with Gasteiger partial charge in [-0.2, -0.15) is 0 Å². The number of thiazole rings is 1. The summed E-state index contributed by atoms with van der Waals surface area (Å²) < 4.78 is 28.2. The van der Waals surface area contributed by atoms with Gasteiger partial charge in [0.2, 0.25) is 0 Å². The zero-order valence-corrected chi connectivity index (χ0v) is 19.2. The van der Waals surface area contributed by atoms with E-state index in [0.29, 0.717) is 28.5 Å². The molecule has 0 spiro atoms. The number of fused-ring (bicyclic) bond motifs is 1. The van der Waals surface area contributed by atoms with E-state index in [2.05, 4.69) is 23.7 Å². The molecule has 1 amide bonds. The molecular weight excluding hydrogens is 428 g/mol. The van der Waals surface area contributed by atoms with Gasteiger partial charge in [-0.3, -0.25) is 9.69 Å². The van der Waals surface area contributed by atoms with Gasteiger partial charge in [-0.05, 0) is 56.3 Å². The van der Waals surface area contributed by atoms with Crippen molar-refractivity contribution in [2.45, 2.75) is 27.7 Å². The smallest absolute Gasteiger partial charge is 0.260 e. The molecule has 0 fully saturated rings. The quantitative estimate of drug-likeness (QED) is 0.467. The lowest BCUT2D eigenvalue weighted by molar-refractivity contribution is 0.0983. The van der Waals surface area contributed by atoms with Gasteiger partial charge in [-0.1, -0.05) is 31.3 Å². The number of rotatable bonds is 7. The molecule has 4 nitrogen and oxygen atoms in total. The Balaban J connectivity index is 0.00000320. The molecule has 3 aromatic rings. The number of aromatic nitrogens is 1. The van der Waals surface area contributed by atoms with Crippen molar-refractivity contribution in [3.05, 3.63) is 58.7 Å². The van der Waals surface area contributed by atoms with Crippen LogP contribution in [0.25, 0.3) is 10.2 Å². The molecule has 0 bridgehead atoms. The van der Waals surface area contributed by atoms with E-state index in [9.17, 15) is 13.6 Å². The van der Waals surface area contributed by atoms with Gasteiger partial charge in [0.05, 0.1) is 4.70 Å². The number of hydrogen-bond acceptors (Lipinski definition) is 4. The molecule has 30 heavy (non-hydrogen) atoms. The monoisotopic (exact) mass is 453 g/mol. The number of amides is 1.